The van der Waals surface area contributed by atoms with E-state index < -0.39 is 23.7 Å². The number of amides is 2. The van der Waals surface area contributed by atoms with Gasteiger partial charge in [-0.25, -0.2) is 9.59 Å². The molecule has 34 heavy (non-hydrogen) atoms. The molecule has 1 fully saturated rings. The molecule has 2 rings (SSSR count). The fraction of sp³-hybridized carbons (Fsp3) is 0.640. The second-order valence-corrected chi connectivity index (χ2v) is 10.3. The molecule has 1 aliphatic rings. The number of likely N-dealkylation sites (tertiary alicyclic amines) is 1. The van der Waals surface area contributed by atoms with Crippen LogP contribution in [0.4, 0.5) is 4.79 Å². The first-order chi connectivity index (χ1) is 16.1. The van der Waals surface area contributed by atoms with E-state index in [0.29, 0.717) is 25.1 Å². The first-order valence-electron chi connectivity index (χ1n) is 11.7. The summed E-state index contributed by atoms with van der Waals surface area (Å²) < 4.78 is 16.5. The van der Waals surface area contributed by atoms with Gasteiger partial charge in [0.25, 0.3) is 0 Å². The van der Waals surface area contributed by atoms with Gasteiger partial charge in [0, 0.05) is 13.0 Å². The van der Waals surface area contributed by atoms with Gasteiger partial charge in [-0.1, -0.05) is 30.3 Å². The van der Waals surface area contributed by atoms with Gasteiger partial charge in [0.05, 0.1) is 19.8 Å². The van der Waals surface area contributed by atoms with E-state index in [4.69, 9.17) is 14.2 Å². The number of hydrogen-bond donors (Lipinski definition) is 1. The number of methoxy groups -OCH3 is 1. The standard InChI is InChI=1S/C25H38N2O6S/c1-25(2,3)33-24(30)27-14-9-12-19(27)17-32-21(16-18-10-7-6-8-11-18)22(28)26-20(13-15-34-5)23(29)31-4/h6-8,10-11,19-21H,9,12-17H2,1-5H3,(H,26,28)/t19-,20-,21?/m0/s1. The van der Waals surface area contributed by atoms with Crippen molar-refractivity contribution >= 4 is 29.7 Å². The Morgan fingerprint density at radius 2 is 1.91 bits per heavy atom. The van der Waals surface area contributed by atoms with Crippen molar-refractivity contribution in [3.63, 3.8) is 0 Å². The molecule has 2 amide bonds. The second kappa shape index (κ2) is 13.6. The number of benzene rings is 1. The molecule has 1 aromatic carbocycles. The van der Waals surface area contributed by atoms with Crippen LogP contribution in [0.25, 0.3) is 0 Å². The highest BCUT2D eigenvalue weighted by molar-refractivity contribution is 7.98. The molecule has 3 atom stereocenters. The van der Waals surface area contributed by atoms with Crippen LogP contribution in [0.1, 0.15) is 45.6 Å². The fourth-order valence-corrected chi connectivity index (χ4v) is 4.22. The highest BCUT2D eigenvalue weighted by Gasteiger charge is 2.34. The molecule has 1 heterocycles. The summed E-state index contributed by atoms with van der Waals surface area (Å²) in [5, 5.41) is 2.81. The van der Waals surface area contributed by atoms with E-state index in [1.165, 1.54) is 7.11 Å². The number of carbonyl (C=O) groups excluding carboxylic acids is 3. The maximum absolute atomic E-state index is 13.2. The Morgan fingerprint density at radius 1 is 1.21 bits per heavy atom. The van der Waals surface area contributed by atoms with Crippen molar-refractivity contribution < 1.29 is 28.6 Å². The van der Waals surface area contributed by atoms with Crippen LogP contribution >= 0.6 is 11.8 Å². The molecule has 1 aliphatic heterocycles. The maximum atomic E-state index is 13.2. The third-order valence-corrected chi connectivity index (χ3v) is 6.11. The number of nitrogens with one attached hydrogen (secondary N) is 1. The minimum absolute atomic E-state index is 0.172. The predicted octanol–water partition coefficient (Wildman–Crippen LogP) is 3.42. The van der Waals surface area contributed by atoms with E-state index in [-0.39, 0.29) is 24.6 Å². The molecule has 0 bridgehead atoms. The molecule has 0 spiro atoms. The minimum Gasteiger partial charge on any atom is -0.467 e. The zero-order valence-corrected chi connectivity index (χ0v) is 21.7. The molecule has 0 saturated carbocycles. The van der Waals surface area contributed by atoms with Gasteiger partial charge >= 0.3 is 12.1 Å². The molecular formula is C25H38N2O6S. The predicted molar refractivity (Wildman–Crippen MR) is 133 cm³/mol. The lowest BCUT2D eigenvalue weighted by molar-refractivity contribution is -0.147. The summed E-state index contributed by atoms with van der Waals surface area (Å²) in [6.07, 6.45) is 3.19. The van der Waals surface area contributed by atoms with E-state index in [2.05, 4.69) is 5.32 Å². The Labute approximate surface area is 207 Å². The van der Waals surface area contributed by atoms with Crippen molar-refractivity contribution in [3.8, 4) is 0 Å². The van der Waals surface area contributed by atoms with Crippen molar-refractivity contribution in [2.45, 2.75) is 70.2 Å². The Kier molecular flexibility index (Phi) is 11.2. The zero-order valence-electron chi connectivity index (χ0n) is 20.9. The molecule has 8 nitrogen and oxygen atoms in total. The second-order valence-electron chi connectivity index (χ2n) is 9.35. The van der Waals surface area contributed by atoms with Gasteiger partial charge in [0.1, 0.15) is 17.7 Å². The summed E-state index contributed by atoms with van der Waals surface area (Å²) in [4.78, 5) is 39.7. The van der Waals surface area contributed by atoms with Crippen molar-refractivity contribution in [3.05, 3.63) is 35.9 Å². The van der Waals surface area contributed by atoms with Crippen LogP contribution in [0.5, 0.6) is 0 Å². The van der Waals surface area contributed by atoms with Crippen molar-refractivity contribution in [1.82, 2.24) is 10.2 Å². The Bertz CT molecular complexity index is 798. The summed E-state index contributed by atoms with van der Waals surface area (Å²) in [5.41, 5.74) is 0.359. The monoisotopic (exact) mass is 494 g/mol. The van der Waals surface area contributed by atoms with Gasteiger partial charge in [0.15, 0.2) is 0 Å². The van der Waals surface area contributed by atoms with Gasteiger partial charge in [-0.2, -0.15) is 11.8 Å². The molecule has 0 radical (unpaired) electrons. The topological polar surface area (TPSA) is 94.2 Å². The van der Waals surface area contributed by atoms with Crippen molar-refractivity contribution in [2.24, 2.45) is 0 Å². The molecule has 0 aromatic heterocycles. The van der Waals surface area contributed by atoms with Crippen LogP contribution in [0.15, 0.2) is 30.3 Å². The van der Waals surface area contributed by atoms with Gasteiger partial charge in [-0.3, -0.25) is 4.79 Å². The fourth-order valence-electron chi connectivity index (χ4n) is 3.74. The lowest BCUT2D eigenvalue weighted by Crippen LogP contribution is -2.49. The van der Waals surface area contributed by atoms with Gasteiger partial charge in [0.2, 0.25) is 5.91 Å². The van der Waals surface area contributed by atoms with Crippen LogP contribution in [0, 0.1) is 0 Å². The average Bonchev–Trinajstić information content (AvgIpc) is 3.27. The third kappa shape index (κ3) is 9.18. The summed E-state index contributed by atoms with van der Waals surface area (Å²) in [6, 6.07) is 8.66. The van der Waals surface area contributed by atoms with Gasteiger partial charge < -0.3 is 24.4 Å². The maximum Gasteiger partial charge on any atom is 0.410 e. The first kappa shape index (κ1) is 28.0. The molecule has 0 aliphatic carbocycles. The minimum atomic E-state index is -0.815. The van der Waals surface area contributed by atoms with Gasteiger partial charge in [-0.15, -0.1) is 0 Å². The number of hydrogen-bond acceptors (Lipinski definition) is 7. The highest BCUT2D eigenvalue weighted by atomic mass is 32.2. The van der Waals surface area contributed by atoms with E-state index in [1.807, 2.05) is 57.4 Å². The number of carbonyl (C=O) groups is 3. The Hall–Kier alpha value is -2.26. The molecule has 1 unspecified atom stereocenters. The van der Waals surface area contributed by atoms with Crippen molar-refractivity contribution in [1.29, 1.82) is 0 Å². The van der Waals surface area contributed by atoms with E-state index in [0.717, 1.165) is 18.4 Å². The lowest BCUT2D eigenvalue weighted by atomic mass is 10.1. The zero-order chi connectivity index (χ0) is 25.1. The molecule has 1 saturated heterocycles. The highest BCUT2D eigenvalue weighted by Crippen LogP contribution is 2.22. The van der Waals surface area contributed by atoms with Gasteiger partial charge in [-0.05, 0) is 57.6 Å². The Balaban J connectivity index is 2.10. The quantitative estimate of drug-likeness (QED) is 0.471. The molecular weight excluding hydrogens is 456 g/mol. The van der Waals surface area contributed by atoms with Crippen LogP contribution < -0.4 is 5.32 Å². The van der Waals surface area contributed by atoms with Crippen LogP contribution in [-0.2, 0) is 30.2 Å². The largest absolute Gasteiger partial charge is 0.467 e. The lowest BCUT2D eigenvalue weighted by Gasteiger charge is -2.29. The average molecular weight is 495 g/mol. The van der Waals surface area contributed by atoms with Crippen molar-refractivity contribution in [2.75, 3.05) is 32.3 Å². The van der Waals surface area contributed by atoms with E-state index in [1.54, 1.807) is 16.7 Å². The summed E-state index contributed by atoms with van der Waals surface area (Å²) in [5.74, 6) is -0.146. The number of ether oxygens (including phenoxy) is 3. The van der Waals surface area contributed by atoms with E-state index >= 15 is 0 Å². The number of rotatable bonds is 11. The molecule has 9 heteroatoms. The molecule has 190 valence electrons. The number of thioether (sulfide) groups is 1. The van der Waals surface area contributed by atoms with Crippen LogP contribution in [-0.4, -0.2) is 78.9 Å². The van der Waals surface area contributed by atoms with Crippen LogP contribution in [0.3, 0.4) is 0 Å². The smallest absolute Gasteiger partial charge is 0.410 e. The molecule has 1 aromatic rings. The normalized spacial score (nSPS) is 17.7. The van der Waals surface area contributed by atoms with E-state index in [9.17, 15) is 14.4 Å². The molecule has 1 N–H and O–H groups in total. The summed E-state index contributed by atoms with van der Waals surface area (Å²) in [7, 11) is 1.31. The summed E-state index contributed by atoms with van der Waals surface area (Å²) >= 11 is 1.59. The summed E-state index contributed by atoms with van der Waals surface area (Å²) in [6.45, 7) is 6.31. The third-order valence-electron chi connectivity index (χ3n) is 5.46. The Morgan fingerprint density at radius 3 is 2.53 bits per heavy atom. The number of nitrogens with zero attached hydrogens (tertiary/aromatic N) is 1. The first-order valence-corrected chi connectivity index (χ1v) is 13.1. The SMILES string of the molecule is COC(=O)[C@H](CCSC)NC(=O)C(Cc1ccccc1)OC[C@@H]1CCCN1C(=O)OC(C)(C)C. The van der Waals surface area contributed by atoms with Crippen LogP contribution in [0.2, 0.25) is 0 Å². The number of esters is 1.